The SMILES string of the molecule is CC[C@H]1OC(=O)[C@H](C)C(=O)[C@H](C)[C@@H](O[C@@H]2O[C@H](O)[C@H](O)[C@H](N(C)C)[C@@H]2O)[C@@](C)(OC)C[C@@H](C)N[C@H](C)[C@H]2N(CCCCn3cnc(-c4cccnc4)c3)C(=O)O[C@]12C. The van der Waals surface area contributed by atoms with Crippen LogP contribution in [0.5, 0.6) is 0 Å². The van der Waals surface area contributed by atoms with Crippen LogP contribution in [-0.4, -0.2) is 158 Å². The van der Waals surface area contributed by atoms with Gasteiger partial charge in [0, 0.05) is 62.4 Å². The second-order valence-electron chi connectivity index (χ2n) is 16.8. The van der Waals surface area contributed by atoms with E-state index in [1.54, 1.807) is 63.4 Å². The maximum Gasteiger partial charge on any atom is 0.410 e. The molecule has 17 heteroatoms. The Kier molecular flexibility index (Phi) is 14.8. The van der Waals surface area contributed by atoms with Crippen molar-refractivity contribution in [2.24, 2.45) is 11.8 Å². The number of carbonyl (C=O) groups excluding carboxylic acids is 3. The molecule has 0 unspecified atom stereocenters. The predicted molar refractivity (Wildman–Crippen MR) is 211 cm³/mol. The highest BCUT2D eigenvalue weighted by atomic mass is 16.8. The number of rotatable bonds is 11. The number of pyridine rings is 1. The number of nitrogens with zero attached hydrogens (tertiary/aromatic N) is 5. The van der Waals surface area contributed by atoms with Gasteiger partial charge in [-0.2, -0.15) is 0 Å². The molecule has 3 aliphatic rings. The zero-order valence-electron chi connectivity index (χ0n) is 35.5. The summed E-state index contributed by atoms with van der Waals surface area (Å²) in [6, 6.07) is 1.57. The smallest absolute Gasteiger partial charge is 0.410 e. The van der Waals surface area contributed by atoms with Gasteiger partial charge in [-0.25, -0.2) is 9.78 Å². The van der Waals surface area contributed by atoms with Crippen LogP contribution >= 0.6 is 0 Å². The first-order valence-electron chi connectivity index (χ1n) is 20.4. The monoisotopic (exact) mass is 816 g/mol. The number of aryl methyl sites for hydroxylation is 1. The van der Waals surface area contributed by atoms with Gasteiger partial charge >= 0.3 is 12.1 Å². The average Bonchev–Trinajstić information content (AvgIpc) is 3.76. The molecule has 5 rings (SSSR count). The first kappa shape index (κ1) is 45.5. The summed E-state index contributed by atoms with van der Waals surface area (Å²) < 4.78 is 32.5. The first-order valence-corrected chi connectivity index (χ1v) is 20.4. The molecule has 2 aromatic rings. The van der Waals surface area contributed by atoms with E-state index >= 15 is 0 Å². The molecule has 58 heavy (non-hydrogen) atoms. The molecular weight excluding hydrogens is 752 g/mol. The molecule has 0 spiro atoms. The van der Waals surface area contributed by atoms with Gasteiger partial charge in [0.05, 0.1) is 35.8 Å². The number of likely N-dealkylation sites (N-methyl/N-ethyl adjacent to an activating group) is 1. The summed E-state index contributed by atoms with van der Waals surface area (Å²) in [5.41, 5.74) is -0.763. The number of methoxy groups -OCH3 is 1. The fourth-order valence-electron chi connectivity index (χ4n) is 9.22. The van der Waals surface area contributed by atoms with Gasteiger partial charge in [0.25, 0.3) is 0 Å². The van der Waals surface area contributed by atoms with E-state index in [0.717, 1.165) is 17.7 Å². The van der Waals surface area contributed by atoms with Gasteiger partial charge in [0.15, 0.2) is 24.0 Å². The second kappa shape index (κ2) is 18.8. The van der Waals surface area contributed by atoms with Crippen LogP contribution in [0.15, 0.2) is 37.1 Å². The number of Topliss-reactive ketones (excluding diaryl/α,β-unsaturated/α-hetero) is 1. The lowest BCUT2D eigenvalue weighted by atomic mass is 9.78. The highest BCUT2D eigenvalue weighted by molar-refractivity contribution is 6.00. The van der Waals surface area contributed by atoms with Gasteiger partial charge in [-0.05, 0) is 86.5 Å². The number of nitrogens with one attached hydrogen (secondary N) is 1. The third kappa shape index (κ3) is 9.41. The van der Waals surface area contributed by atoms with Crippen molar-refractivity contribution < 1.29 is 53.4 Å². The highest BCUT2D eigenvalue weighted by Gasteiger charge is 2.59. The number of aromatic nitrogens is 3. The second-order valence-corrected chi connectivity index (χ2v) is 16.8. The minimum Gasteiger partial charge on any atom is -0.458 e. The molecule has 0 saturated carbocycles. The Bertz CT molecular complexity index is 1700. The Morgan fingerprint density at radius 3 is 2.40 bits per heavy atom. The van der Waals surface area contributed by atoms with Crippen molar-refractivity contribution >= 4 is 17.8 Å². The Balaban J connectivity index is 1.41. The van der Waals surface area contributed by atoms with E-state index in [9.17, 15) is 29.7 Å². The number of ether oxygens (including phenoxy) is 5. The van der Waals surface area contributed by atoms with E-state index in [1.807, 2.05) is 43.7 Å². The number of hydrogen-bond acceptors (Lipinski definition) is 15. The van der Waals surface area contributed by atoms with Crippen molar-refractivity contribution in [2.75, 3.05) is 27.7 Å². The summed E-state index contributed by atoms with van der Waals surface area (Å²) >= 11 is 0. The van der Waals surface area contributed by atoms with Crippen molar-refractivity contribution in [2.45, 2.75) is 153 Å². The lowest BCUT2D eigenvalue weighted by molar-refractivity contribution is -0.350. The minimum atomic E-state index is -1.69. The number of carbonyl (C=O) groups is 3. The van der Waals surface area contributed by atoms with Crippen LogP contribution < -0.4 is 5.32 Å². The number of aliphatic hydroxyl groups is 3. The molecule has 0 bridgehead atoms. The number of cyclic esters (lactones) is 1. The third-order valence-electron chi connectivity index (χ3n) is 12.3. The maximum absolute atomic E-state index is 14.3. The molecule has 5 heterocycles. The number of ketones is 1. The van der Waals surface area contributed by atoms with E-state index in [-0.39, 0.29) is 12.5 Å². The molecule has 3 fully saturated rings. The number of amides is 1. The Labute approximate surface area is 341 Å². The summed E-state index contributed by atoms with van der Waals surface area (Å²) in [7, 11) is 4.77. The number of esters is 1. The first-order chi connectivity index (χ1) is 27.4. The Hall–Kier alpha value is -3.55. The van der Waals surface area contributed by atoms with E-state index in [0.29, 0.717) is 25.9 Å². The number of fused-ring (bicyclic) bond motifs is 1. The highest BCUT2D eigenvalue weighted by Crippen LogP contribution is 2.40. The molecule has 4 N–H and O–H groups in total. The van der Waals surface area contributed by atoms with Crippen LogP contribution in [0.3, 0.4) is 0 Å². The van der Waals surface area contributed by atoms with Gasteiger partial charge in [-0.1, -0.05) is 13.8 Å². The van der Waals surface area contributed by atoms with E-state index in [4.69, 9.17) is 23.7 Å². The number of imidazole rings is 1. The van der Waals surface area contributed by atoms with Crippen molar-refractivity contribution in [1.29, 1.82) is 0 Å². The lowest BCUT2D eigenvalue weighted by Gasteiger charge is -2.48. The van der Waals surface area contributed by atoms with Gasteiger partial charge in [0.1, 0.15) is 24.2 Å². The molecule has 1 amide bonds. The summed E-state index contributed by atoms with van der Waals surface area (Å²) in [6.07, 6.45) is 0.658. The van der Waals surface area contributed by atoms with Gasteiger partial charge in [-0.3, -0.25) is 19.5 Å². The Morgan fingerprint density at radius 1 is 1.05 bits per heavy atom. The molecule has 3 aliphatic heterocycles. The van der Waals surface area contributed by atoms with Crippen LogP contribution in [0, 0.1) is 11.8 Å². The maximum atomic E-state index is 14.3. The van der Waals surface area contributed by atoms with Crippen LogP contribution in [0.2, 0.25) is 0 Å². The zero-order valence-corrected chi connectivity index (χ0v) is 35.5. The van der Waals surface area contributed by atoms with Crippen LogP contribution in [-0.2, 0) is 39.8 Å². The molecule has 3 saturated heterocycles. The van der Waals surface area contributed by atoms with Gasteiger partial charge in [-0.15, -0.1) is 0 Å². The van der Waals surface area contributed by atoms with E-state index < -0.39 is 96.0 Å². The molecule has 0 aliphatic carbocycles. The minimum absolute atomic E-state index is 0.265. The Morgan fingerprint density at radius 2 is 1.76 bits per heavy atom. The largest absolute Gasteiger partial charge is 0.458 e. The molecule has 0 radical (unpaired) electrons. The van der Waals surface area contributed by atoms with Crippen molar-refractivity contribution in [1.82, 2.24) is 29.7 Å². The van der Waals surface area contributed by atoms with Gasteiger partial charge < -0.3 is 53.8 Å². The van der Waals surface area contributed by atoms with Crippen molar-refractivity contribution in [3.8, 4) is 11.3 Å². The fourth-order valence-corrected chi connectivity index (χ4v) is 9.22. The third-order valence-corrected chi connectivity index (χ3v) is 12.3. The van der Waals surface area contributed by atoms with E-state index in [2.05, 4.69) is 15.3 Å². The summed E-state index contributed by atoms with van der Waals surface area (Å²) in [5.74, 6) is -3.56. The number of hydrogen-bond donors (Lipinski definition) is 4. The standard InChI is InChI=1S/C41H64N6O11/c1-11-29-41(7)34(47(39(53)58-41)18-13-12-17-46-21-28(43-22-46)27-15-14-16-42-20-27)26(5)44-23(2)19-40(6,54-10)35(24(3)31(48)25(4)36(51)55-29)56-38-33(50)30(45(8)9)32(49)37(52)57-38/h14-16,20-26,29-30,32-35,37-38,44,49-50,52H,11-13,17-19H2,1-10H3/t23-,24+,25-,26-,29-,30+,32-,33+,34-,35-,37+,38-,40+,41-/m1/s1. The van der Waals surface area contributed by atoms with Crippen LogP contribution in [0.4, 0.5) is 4.79 Å². The molecule has 2 aromatic heterocycles. The lowest BCUT2D eigenvalue weighted by Crippen LogP contribution is -2.65. The predicted octanol–water partition coefficient (Wildman–Crippen LogP) is 2.36. The van der Waals surface area contributed by atoms with Crippen LogP contribution in [0.1, 0.15) is 74.1 Å². The number of aliphatic hydroxyl groups excluding tert-OH is 3. The summed E-state index contributed by atoms with van der Waals surface area (Å²) in [5, 5.41) is 36.2. The quantitative estimate of drug-likeness (QED) is 0.146. The molecule has 0 aromatic carbocycles. The van der Waals surface area contributed by atoms with Crippen LogP contribution in [0.25, 0.3) is 11.3 Å². The molecule has 324 valence electrons. The van der Waals surface area contributed by atoms with Crippen molar-refractivity contribution in [3.63, 3.8) is 0 Å². The van der Waals surface area contributed by atoms with Gasteiger partial charge in [0.2, 0.25) is 0 Å². The molecule has 17 nitrogen and oxygen atoms in total. The van der Waals surface area contributed by atoms with E-state index in [1.165, 1.54) is 14.0 Å². The fraction of sp³-hybridized carbons (Fsp3) is 0.732. The average molecular weight is 817 g/mol. The molecular formula is C41H64N6O11. The number of unbranched alkanes of at least 4 members (excludes halogenated alkanes) is 1. The summed E-state index contributed by atoms with van der Waals surface area (Å²) in [6.45, 7) is 13.5. The summed E-state index contributed by atoms with van der Waals surface area (Å²) in [4.78, 5) is 54.0. The normalized spacial score (nSPS) is 38.0. The zero-order chi connectivity index (χ0) is 42.7. The van der Waals surface area contributed by atoms with Crippen molar-refractivity contribution in [3.05, 3.63) is 37.1 Å². The molecule has 14 atom stereocenters. The topological polar surface area (TPSA) is 207 Å².